The van der Waals surface area contributed by atoms with Crippen LogP contribution in [0.2, 0.25) is 0 Å². The number of anilines is 2. The summed E-state index contributed by atoms with van der Waals surface area (Å²) in [6, 6.07) is 21.0. The third-order valence-corrected chi connectivity index (χ3v) is 6.20. The van der Waals surface area contributed by atoms with E-state index in [2.05, 4.69) is 27.3 Å². The molecule has 0 radical (unpaired) electrons. The van der Waals surface area contributed by atoms with Gasteiger partial charge < -0.3 is 9.84 Å². The van der Waals surface area contributed by atoms with Gasteiger partial charge in [0, 0.05) is 23.2 Å². The molecule has 0 saturated carbocycles. The molecule has 148 valence electrons. The lowest BCUT2D eigenvalue weighted by molar-refractivity contribution is 0.430. The average molecular weight is 407 g/mol. The fourth-order valence-electron chi connectivity index (χ4n) is 3.07. The quantitative estimate of drug-likeness (QED) is 0.477. The SMILES string of the molecule is Cc1noc(NS(=O)(=O)c2ccc3c(NCc4ccccc4)cccc3c2)c1C. The van der Waals surface area contributed by atoms with Gasteiger partial charge in [0.05, 0.1) is 10.6 Å². The molecule has 0 unspecified atom stereocenters. The molecule has 0 spiro atoms. The monoisotopic (exact) mass is 407 g/mol. The number of hydrogen-bond acceptors (Lipinski definition) is 5. The fraction of sp³-hybridized carbons (Fsp3) is 0.136. The van der Waals surface area contributed by atoms with Gasteiger partial charge in [-0.15, -0.1) is 0 Å². The van der Waals surface area contributed by atoms with E-state index in [1.54, 1.807) is 26.0 Å². The van der Waals surface area contributed by atoms with Gasteiger partial charge >= 0.3 is 0 Å². The molecular formula is C22H21N3O3S. The largest absolute Gasteiger partial charge is 0.380 e. The van der Waals surface area contributed by atoms with Gasteiger partial charge in [0.15, 0.2) is 0 Å². The van der Waals surface area contributed by atoms with E-state index in [4.69, 9.17) is 4.52 Å². The van der Waals surface area contributed by atoms with Gasteiger partial charge in [0.2, 0.25) is 5.88 Å². The Morgan fingerprint density at radius 1 is 0.966 bits per heavy atom. The second-order valence-electron chi connectivity index (χ2n) is 6.86. The molecule has 3 aromatic carbocycles. The standard InChI is InChI=1S/C22H21N3O3S/c1-15-16(2)24-28-22(15)25-29(26,27)19-11-12-20-18(13-19)9-6-10-21(20)23-14-17-7-4-3-5-8-17/h3-13,23,25H,14H2,1-2H3. The van der Waals surface area contributed by atoms with Crippen LogP contribution in [0.1, 0.15) is 16.8 Å². The second-order valence-corrected chi connectivity index (χ2v) is 8.54. The lowest BCUT2D eigenvalue weighted by Crippen LogP contribution is -2.13. The summed E-state index contributed by atoms with van der Waals surface area (Å²) in [6.07, 6.45) is 0. The van der Waals surface area contributed by atoms with Crippen LogP contribution in [0.5, 0.6) is 0 Å². The predicted octanol–water partition coefficient (Wildman–Crippen LogP) is 4.86. The molecule has 4 rings (SSSR count). The molecule has 2 N–H and O–H groups in total. The Kier molecular flexibility index (Phi) is 4.98. The first-order chi connectivity index (χ1) is 13.9. The normalized spacial score (nSPS) is 11.5. The molecule has 1 heterocycles. The van der Waals surface area contributed by atoms with Crippen LogP contribution in [0.25, 0.3) is 10.8 Å². The zero-order valence-electron chi connectivity index (χ0n) is 16.1. The number of nitrogens with one attached hydrogen (secondary N) is 2. The Morgan fingerprint density at radius 3 is 2.48 bits per heavy atom. The molecule has 7 heteroatoms. The van der Waals surface area contributed by atoms with Crippen molar-refractivity contribution in [3.63, 3.8) is 0 Å². The summed E-state index contributed by atoms with van der Waals surface area (Å²) in [6.45, 7) is 4.21. The van der Waals surface area contributed by atoms with E-state index in [-0.39, 0.29) is 10.8 Å². The van der Waals surface area contributed by atoms with E-state index in [1.807, 2.05) is 42.5 Å². The lowest BCUT2D eigenvalue weighted by Gasteiger charge is -2.12. The Balaban J connectivity index is 1.62. The minimum atomic E-state index is -3.79. The molecule has 0 amide bonds. The highest BCUT2D eigenvalue weighted by molar-refractivity contribution is 7.92. The molecule has 0 bridgehead atoms. The first kappa shape index (κ1) is 19.0. The molecule has 0 fully saturated rings. The van der Waals surface area contributed by atoms with Crippen LogP contribution >= 0.6 is 0 Å². The smallest absolute Gasteiger partial charge is 0.264 e. The summed E-state index contributed by atoms with van der Waals surface area (Å²) < 4.78 is 33.1. The highest BCUT2D eigenvalue weighted by atomic mass is 32.2. The number of benzene rings is 3. The molecule has 0 saturated heterocycles. The van der Waals surface area contributed by atoms with E-state index in [9.17, 15) is 8.42 Å². The molecule has 0 atom stereocenters. The van der Waals surface area contributed by atoms with Gasteiger partial charge in [-0.1, -0.05) is 53.7 Å². The number of aryl methyl sites for hydroxylation is 1. The maximum Gasteiger partial charge on any atom is 0.264 e. The predicted molar refractivity (Wildman–Crippen MR) is 115 cm³/mol. The molecule has 0 aliphatic rings. The van der Waals surface area contributed by atoms with Crippen molar-refractivity contribution in [2.75, 3.05) is 10.0 Å². The zero-order chi connectivity index (χ0) is 20.4. The highest BCUT2D eigenvalue weighted by Crippen LogP contribution is 2.28. The third-order valence-electron chi connectivity index (χ3n) is 4.87. The fourth-order valence-corrected chi connectivity index (χ4v) is 4.15. The Bertz CT molecular complexity index is 1270. The van der Waals surface area contributed by atoms with E-state index in [0.29, 0.717) is 17.8 Å². The Hall–Kier alpha value is -3.32. The maximum atomic E-state index is 12.8. The molecule has 0 aliphatic carbocycles. The topological polar surface area (TPSA) is 84.2 Å². The number of aromatic nitrogens is 1. The van der Waals surface area contributed by atoms with Crippen molar-refractivity contribution >= 4 is 32.4 Å². The van der Waals surface area contributed by atoms with Gasteiger partial charge in [0.1, 0.15) is 0 Å². The van der Waals surface area contributed by atoms with Crippen molar-refractivity contribution in [1.29, 1.82) is 0 Å². The summed E-state index contributed by atoms with van der Waals surface area (Å²) in [5.74, 6) is 0.140. The maximum absolute atomic E-state index is 12.8. The first-order valence-corrected chi connectivity index (χ1v) is 10.7. The van der Waals surface area contributed by atoms with Crippen molar-refractivity contribution in [3.8, 4) is 0 Å². The second kappa shape index (κ2) is 7.60. The molecule has 4 aromatic rings. The molecule has 0 aliphatic heterocycles. The third kappa shape index (κ3) is 3.95. The van der Waals surface area contributed by atoms with E-state index >= 15 is 0 Å². The number of sulfonamides is 1. The zero-order valence-corrected chi connectivity index (χ0v) is 17.0. The van der Waals surface area contributed by atoms with Crippen molar-refractivity contribution in [1.82, 2.24) is 5.16 Å². The minimum Gasteiger partial charge on any atom is -0.380 e. The number of fused-ring (bicyclic) bond motifs is 1. The van der Waals surface area contributed by atoms with E-state index in [1.165, 1.54) is 5.56 Å². The number of nitrogens with zero attached hydrogens (tertiary/aromatic N) is 1. The Morgan fingerprint density at radius 2 is 1.76 bits per heavy atom. The summed E-state index contributed by atoms with van der Waals surface area (Å²) in [5.41, 5.74) is 3.44. The van der Waals surface area contributed by atoms with Crippen molar-refractivity contribution in [2.45, 2.75) is 25.3 Å². The van der Waals surface area contributed by atoms with Gasteiger partial charge in [-0.3, -0.25) is 0 Å². The van der Waals surface area contributed by atoms with Crippen LogP contribution in [-0.2, 0) is 16.6 Å². The molecule has 6 nitrogen and oxygen atoms in total. The summed E-state index contributed by atoms with van der Waals surface area (Å²) in [7, 11) is -3.79. The van der Waals surface area contributed by atoms with Crippen molar-refractivity contribution in [2.24, 2.45) is 0 Å². The minimum absolute atomic E-state index is 0.140. The van der Waals surface area contributed by atoms with Gasteiger partial charge in [-0.25, -0.2) is 13.1 Å². The van der Waals surface area contributed by atoms with Crippen LogP contribution in [0.4, 0.5) is 11.6 Å². The molecule has 1 aromatic heterocycles. The average Bonchev–Trinajstić information content (AvgIpc) is 3.04. The van der Waals surface area contributed by atoms with Crippen LogP contribution < -0.4 is 10.0 Å². The van der Waals surface area contributed by atoms with Crippen molar-refractivity contribution < 1.29 is 12.9 Å². The van der Waals surface area contributed by atoms with E-state index < -0.39 is 10.0 Å². The summed E-state index contributed by atoms with van der Waals surface area (Å²) in [5, 5.41) is 9.00. The summed E-state index contributed by atoms with van der Waals surface area (Å²) in [4.78, 5) is 0.165. The lowest BCUT2D eigenvalue weighted by atomic mass is 10.1. The van der Waals surface area contributed by atoms with E-state index in [0.717, 1.165) is 16.5 Å². The summed E-state index contributed by atoms with van der Waals surface area (Å²) >= 11 is 0. The first-order valence-electron chi connectivity index (χ1n) is 9.20. The van der Waals surface area contributed by atoms with Crippen LogP contribution in [0, 0.1) is 13.8 Å². The number of rotatable bonds is 6. The molecule has 29 heavy (non-hydrogen) atoms. The highest BCUT2D eigenvalue weighted by Gasteiger charge is 2.19. The number of hydrogen-bond donors (Lipinski definition) is 2. The van der Waals surface area contributed by atoms with Gasteiger partial charge in [-0.05, 0) is 43.0 Å². The van der Waals surface area contributed by atoms with Crippen LogP contribution in [-0.4, -0.2) is 13.6 Å². The van der Waals surface area contributed by atoms with Gasteiger partial charge in [0.25, 0.3) is 10.0 Å². The van der Waals surface area contributed by atoms with Crippen LogP contribution in [0.3, 0.4) is 0 Å². The van der Waals surface area contributed by atoms with Crippen LogP contribution in [0.15, 0.2) is 76.1 Å². The molecular weight excluding hydrogens is 386 g/mol. The van der Waals surface area contributed by atoms with Gasteiger partial charge in [-0.2, -0.15) is 0 Å². The Labute approximate surface area is 169 Å². The van der Waals surface area contributed by atoms with Crippen molar-refractivity contribution in [3.05, 3.63) is 83.6 Å².